The minimum atomic E-state index is 0.624. The Morgan fingerprint density at radius 2 is 1.14 bits per heavy atom. The van der Waals surface area contributed by atoms with E-state index in [0.717, 1.165) is 55.3 Å². The molecule has 0 N–H and O–H groups in total. The van der Waals surface area contributed by atoms with Crippen molar-refractivity contribution < 1.29 is 18.9 Å². The molecule has 0 saturated heterocycles. The Balaban J connectivity index is 2.18. The lowest BCUT2D eigenvalue weighted by Crippen LogP contribution is -2.01. The maximum absolute atomic E-state index is 10.3. The summed E-state index contributed by atoms with van der Waals surface area (Å²) in [6.45, 7) is 2.01. The van der Waals surface area contributed by atoms with E-state index in [2.05, 4.69) is 18.2 Å². The molecule has 0 aliphatic carbocycles. The number of nitriles is 1. The monoisotopic (exact) mass is 511 g/mol. The van der Waals surface area contributed by atoms with E-state index in [1.165, 1.54) is 0 Å². The van der Waals surface area contributed by atoms with Gasteiger partial charge < -0.3 is 18.9 Å². The predicted octanol–water partition coefficient (Wildman–Crippen LogP) is 7.62. The highest BCUT2D eigenvalue weighted by atomic mass is 32.2. The summed E-state index contributed by atoms with van der Waals surface area (Å²) in [5.41, 5.74) is 7.48. The third-order valence-corrected chi connectivity index (χ3v) is 7.27. The van der Waals surface area contributed by atoms with Crippen molar-refractivity contribution in [1.29, 1.82) is 5.26 Å². The van der Waals surface area contributed by atoms with Gasteiger partial charge in [-0.3, -0.25) is 0 Å². The first-order chi connectivity index (χ1) is 18.0. The van der Waals surface area contributed by atoms with E-state index in [9.17, 15) is 5.26 Å². The standard InChI is InChI=1S/C31H29NO4S/c1-19-25(18-32)31(37-6)30(21-9-14-24(34-3)15-10-21)29(20-7-12-23(33-2)13-8-20)28(19)22-11-16-26(35-4)27(17-22)36-5/h7-17H,1-6H3. The molecule has 0 aliphatic heterocycles. The molecular formula is C31H29NO4S. The number of nitrogens with zero attached hydrogens (tertiary/aromatic N) is 1. The largest absolute Gasteiger partial charge is 0.497 e. The Hall–Kier alpha value is -4.08. The molecule has 4 aromatic rings. The average Bonchev–Trinajstić information content (AvgIpc) is 2.96. The Morgan fingerprint density at radius 1 is 0.622 bits per heavy atom. The molecule has 0 fully saturated rings. The Labute approximate surface area is 222 Å². The topological polar surface area (TPSA) is 60.7 Å². The number of hydrogen-bond donors (Lipinski definition) is 0. The second-order valence-corrected chi connectivity index (χ2v) is 9.11. The summed E-state index contributed by atoms with van der Waals surface area (Å²) in [6, 6.07) is 24.3. The maximum Gasteiger partial charge on any atom is 0.161 e. The summed E-state index contributed by atoms with van der Waals surface area (Å²) in [5.74, 6) is 2.82. The molecule has 0 unspecified atom stereocenters. The summed E-state index contributed by atoms with van der Waals surface area (Å²) < 4.78 is 22.0. The third-order valence-electron chi connectivity index (χ3n) is 6.45. The second-order valence-electron chi connectivity index (χ2n) is 8.30. The molecule has 0 amide bonds. The fraction of sp³-hybridized carbons (Fsp3) is 0.194. The molecule has 6 heteroatoms. The number of hydrogen-bond acceptors (Lipinski definition) is 6. The van der Waals surface area contributed by atoms with Crippen LogP contribution in [0.15, 0.2) is 71.6 Å². The molecule has 4 aromatic carbocycles. The zero-order valence-corrected chi connectivity index (χ0v) is 22.7. The summed E-state index contributed by atoms with van der Waals surface area (Å²) in [4.78, 5) is 0.931. The first kappa shape index (κ1) is 26.0. The van der Waals surface area contributed by atoms with E-state index in [0.29, 0.717) is 17.1 Å². The molecule has 0 bridgehead atoms. The number of thioether (sulfide) groups is 1. The van der Waals surface area contributed by atoms with Crippen molar-refractivity contribution in [1.82, 2.24) is 0 Å². The molecule has 37 heavy (non-hydrogen) atoms. The lowest BCUT2D eigenvalue weighted by Gasteiger charge is -2.24. The summed E-state index contributed by atoms with van der Waals surface area (Å²) >= 11 is 1.58. The summed E-state index contributed by atoms with van der Waals surface area (Å²) in [7, 11) is 6.55. The fourth-order valence-corrected chi connectivity index (χ4v) is 5.44. The molecule has 188 valence electrons. The van der Waals surface area contributed by atoms with Gasteiger partial charge in [0.15, 0.2) is 11.5 Å². The van der Waals surface area contributed by atoms with Crippen LogP contribution in [-0.2, 0) is 0 Å². The van der Waals surface area contributed by atoms with Gasteiger partial charge in [0.2, 0.25) is 0 Å². The molecule has 0 radical (unpaired) electrons. The zero-order valence-electron chi connectivity index (χ0n) is 21.8. The van der Waals surface area contributed by atoms with Crippen LogP contribution in [0.5, 0.6) is 23.0 Å². The quantitative estimate of drug-likeness (QED) is 0.227. The van der Waals surface area contributed by atoms with Crippen molar-refractivity contribution >= 4 is 11.8 Å². The minimum absolute atomic E-state index is 0.624. The first-order valence-electron chi connectivity index (χ1n) is 11.7. The Kier molecular flexibility index (Phi) is 7.95. The van der Waals surface area contributed by atoms with Crippen LogP contribution in [0.25, 0.3) is 33.4 Å². The van der Waals surface area contributed by atoms with Gasteiger partial charge in [-0.25, -0.2) is 0 Å². The van der Waals surface area contributed by atoms with Gasteiger partial charge >= 0.3 is 0 Å². The number of ether oxygens (including phenoxy) is 4. The number of methoxy groups -OCH3 is 4. The molecule has 4 rings (SSSR count). The van der Waals surface area contributed by atoms with Crippen molar-refractivity contribution in [3.8, 4) is 62.4 Å². The highest BCUT2D eigenvalue weighted by molar-refractivity contribution is 7.98. The molecule has 0 aliphatic rings. The molecule has 0 saturated carbocycles. The van der Waals surface area contributed by atoms with E-state index >= 15 is 0 Å². The smallest absolute Gasteiger partial charge is 0.161 e. The molecule has 5 nitrogen and oxygen atoms in total. The van der Waals surface area contributed by atoms with Crippen LogP contribution in [0, 0.1) is 18.3 Å². The van der Waals surface area contributed by atoms with Crippen LogP contribution in [-0.4, -0.2) is 34.7 Å². The average molecular weight is 512 g/mol. The molecule has 0 heterocycles. The van der Waals surface area contributed by atoms with Crippen LogP contribution in [0.3, 0.4) is 0 Å². The van der Waals surface area contributed by atoms with Crippen molar-refractivity contribution in [2.75, 3.05) is 34.7 Å². The number of rotatable bonds is 8. The van der Waals surface area contributed by atoms with Crippen molar-refractivity contribution in [3.63, 3.8) is 0 Å². The van der Waals surface area contributed by atoms with Crippen LogP contribution in [0.1, 0.15) is 11.1 Å². The van der Waals surface area contributed by atoms with Crippen LogP contribution in [0.4, 0.5) is 0 Å². The first-order valence-corrected chi connectivity index (χ1v) is 12.9. The molecule has 0 aromatic heterocycles. The lowest BCUT2D eigenvalue weighted by molar-refractivity contribution is 0.355. The Morgan fingerprint density at radius 3 is 1.59 bits per heavy atom. The minimum Gasteiger partial charge on any atom is -0.497 e. The summed E-state index contributed by atoms with van der Waals surface area (Å²) in [5, 5.41) is 10.3. The SMILES string of the molecule is COc1ccc(-c2c(SC)c(C#N)c(C)c(-c3ccc(OC)c(OC)c3)c2-c2ccc(OC)cc2)cc1. The highest BCUT2D eigenvalue weighted by Gasteiger charge is 2.25. The van der Waals surface area contributed by atoms with E-state index in [1.54, 1.807) is 40.2 Å². The van der Waals surface area contributed by atoms with E-state index < -0.39 is 0 Å². The van der Waals surface area contributed by atoms with Gasteiger partial charge in [0.25, 0.3) is 0 Å². The third kappa shape index (κ3) is 4.83. The van der Waals surface area contributed by atoms with Crippen molar-refractivity contribution in [2.45, 2.75) is 11.8 Å². The van der Waals surface area contributed by atoms with E-state index in [1.807, 2.05) is 67.8 Å². The van der Waals surface area contributed by atoms with Gasteiger partial charge in [-0.1, -0.05) is 30.3 Å². The zero-order chi connectivity index (χ0) is 26.5. The van der Waals surface area contributed by atoms with E-state index in [4.69, 9.17) is 18.9 Å². The van der Waals surface area contributed by atoms with Gasteiger partial charge in [0.1, 0.15) is 17.6 Å². The van der Waals surface area contributed by atoms with Crippen molar-refractivity contribution in [3.05, 3.63) is 77.9 Å². The van der Waals surface area contributed by atoms with Crippen LogP contribution in [0.2, 0.25) is 0 Å². The van der Waals surface area contributed by atoms with Crippen LogP contribution >= 0.6 is 11.8 Å². The predicted molar refractivity (Wildman–Crippen MR) is 150 cm³/mol. The van der Waals surface area contributed by atoms with Gasteiger partial charge in [-0.2, -0.15) is 5.26 Å². The molecule has 0 atom stereocenters. The Bertz CT molecular complexity index is 1460. The van der Waals surface area contributed by atoms with Crippen LogP contribution < -0.4 is 18.9 Å². The lowest BCUT2D eigenvalue weighted by atomic mass is 9.82. The second kappa shape index (κ2) is 11.3. The normalized spacial score (nSPS) is 10.5. The fourth-order valence-electron chi connectivity index (χ4n) is 4.62. The van der Waals surface area contributed by atoms with E-state index in [-0.39, 0.29) is 0 Å². The van der Waals surface area contributed by atoms with Gasteiger partial charge in [0, 0.05) is 10.5 Å². The summed E-state index contributed by atoms with van der Waals surface area (Å²) in [6.07, 6.45) is 2.01. The molecular weight excluding hydrogens is 482 g/mol. The maximum atomic E-state index is 10.3. The van der Waals surface area contributed by atoms with Gasteiger partial charge in [-0.15, -0.1) is 11.8 Å². The van der Waals surface area contributed by atoms with Gasteiger partial charge in [-0.05, 0) is 83.0 Å². The number of benzene rings is 4. The highest BCUT2D eigenvalue weighted by Crippen LogP contribution is 2.50. The van der Waals surface area contributed by atoms with Crippen molar-refractivity contribution in [2.24, 2.45) is 0 Å². The van der Waals surface area contributed by atoms with Gasteiger partial charge in [0.05, 0.1) is 34.0 Å². The molecule has 0 spiro atoms.